The second kappa shape index (κ2) is 8.23. The lowest BCUT2D eigenvalue weighted by Gasteiger charge is -2.32. The molecule has 0 radical (unpaired) electrons. The first kappa shape index (κ1) is 27.5. The van der Waals surface area contributed by atoms with Gasteiger partial charge in [0.15, 0.2) is 0 Å². The van der Waals surface area contributed by atoms with Crippen LogP contribution in [-0.2, 0) is 24.8 Å². The third-order valence-electron chi connectivity index (χ3n) is 7.60. The molecule has 2 heterocycles. The summed E-state index contributed by atoms with van der Waals surface area (Å²) in [5, 5.41) is 0.921. The van der Waals surface area contributed by atoms with E-state index in [0.717, 1.165) is 17.2 Å². The van der Waals surface area contributed by atoms with E-state index in [4.69, 9.17) is 18.6 Å². The summed E-state index contributed by atoms with van der Waals surface area (Å²) in [6, 6.07) is 5.20. The fourth-order valence-corrected chi connectivity index (χ4v) is 5.96. The number of rotatable bonds is 4. The molecule has 10 heteroatoms. The van der Waals surface area contributed by atoms with Crippen molar-refractivity contribution in [3.63, 3.8) is 0 Å². The lowest BCUT2D eigenvalue weighted by molar-refractivity contribution is -0.137. The monoisotopic (exact) mass is 496 g/mol. The van der Waals surface area contributed by atoms with Crippen molar-refractivity contribution in [2.75, 3.05) is 0 Å². The number of alkyl halides is 3. The van der Waals surface area contributed by atoms with Crippen molar-refractivity contribution in [2.24, 2.45) is 0 Å². The predicted octanol–water partition coefficient (Wildman–Crippen LogP) is 6.60. The van der Waals surface area contributed by atoms with Crippen LogP contribution in [0.5, 0.6) is 0 Å². The molecule has 2 aliphatic heterocycles. The van der Waals surface area contributed by atoms with Crippen molar-refractivity contribution in [2.45, 2.75) is 104 Å². The highest BCUT2D eigenvalue weighted by molar-refractivity contribution is 6.99. The van der Waals surface area contributed by atoms with Crippen LogP contribution in [0.2, 0.25) is 19.6 Å². The molecule has 1 aromatic rings. The van der Waals surface area contributed by atoms with Crippen molar-refractivity contribution in [1.29, 1.82) is 0 Å². The first-order chi connectivity index (χ1) is 15.1. The number of hydrogen-bond acceptors (Lipinski definition) is 4. The molecular formula is C24H37B2F3O4Si. The van der Waals surface area contributed by atoms with E-state index in [0.29, 0.717) is 11.0 Å². The molecule has 1 aromatic carbocycles. The number of benzene rings is 1. The molecule has 188 valence electrons. The Balaban J connectivity index is 2.26. The molecule has 0 aliphatic carbocycles. The van der Waals surface area contributed by atoms with Gasteiger partial charge in [0.1, 0.15) is 0 Å². The van der Waals surface area contributed by atoms with E-state index in [9.17, 15) is 13.2 Å². The average molecular weight is 496 g/mol. The molecule has 2 aliphatic rings. The van der Waals surface area contributed by atoms with E-state index < -0.39 is 56.5 Å². The van der Waals surface area contributed by atoms with Crippen LogP contribution in [0.3, 0.4) is 0 Å². The first-order valence-corrected chi connectivity index (χ1v) is 15.2. The molecule has 4 nitrogen and oxygen atoms in total. The van der Waals surface area contributed by atoms with Gasteiger partial charge in [-0.05, 0) is 78.6 Å². The maximum atomic E-state index is 13.3. The Hall–Kier alpha value is -1.06. The van der Waals surface area contributed by atoms with Gasteiger partial charge in [0.05, 0.1) is 36.0 Å². The summed E-state index contributed by atoms with van der Waals surface area (Å²) < 4.78 is 65.7. The molecule has 0 saturated carbocycles. The molecule has 0 aromatic heterocycles. The van der Waals surface area contributed by atoms with Gasteiger partial charge in [-0.3, -0.25) is 0 Å². The minimum absolute atomic E-state index is 0.566. The predicted molar refractivity (Wildman–Crippen MR) is 134 cm³/mol. The standard InChI is InChI=1S/C24H37B2F3O4Si/c1-20(2)21(3,4)31-25(30-20)18(16-12-14-17(15-13-16)24(27,28)29)19(34(9,10)11)26-32-22(5,6)23(7,8)33-26/h12-15H,1-11H3/b19-18+. The van der Waals surface area contributed by atoms with Crippen LogP contribution in [0.15, 0.2) is 29.4 Å². The van der Waals surface area contributed by atoms with Crippen molar-refractivity contribution in [3.05, 3.63) is 40.5 Å². The van der Waals surface area contributed by atoms with E-state index in [-0.39, 0.29) is 0 Å². The Morgan fingerprint density at radius 3 is 1.35 bits per heavy atom. The summed E-state index contributed by atoms with van der Waals surface area (Å²) in [6.45, 7) is 22.3. The molecule has 0 unspecified atom stereocenters. The van der Waals surface area contributed by atoms with Gasteiger partial charge in [-0.2, -0.15) is 13.2 Å². The van der Waals surface area contributed by atoms with Crippen LogP contribution in [-0.4, -0.2) is 44.7 Å². The minimum Gasteiger partial charge on any atom is -0.400 e. The normalized spacial score (nSPS) is 24.4. The Morgan fingerprint density at radius 1 is 0.676 bits per heavy atom. The number of halogens is 3. The highest BCUT2D eigenvalue weighted by Gasteiger charge is 2.58. The summed E-state index contributed by atoms with van der Waals surface area (Å²) in [7, 11) is -3.62. The zero-order chi connectivity index (χ0) is 26.1. The summed E-state index contributed by atoms with van der Waals surface area (Å²) in [5.74, 6) is 0. The third kappa shape index (κ3) is 4.94. The molecule has 0 amide bonds. The molecule has 2 saturated heterocycles. The first-order valence-electron chi connectivity index (χ1n) is 11.7. The molecule has 0 atom stereocenters. The minimum atomic E-state index is -4.42. The molecule has 34 heavy (non-hydrogen) atoms. The van der Waals surface area contributed by atoms with Gasteiger partial charge >= 0.3 is 20.4 Å². The molecule has 0 bridgehead atoms. The van der Waals surface area contributed by atoms with E-state index in [2.05, 4.69) is 19.6 Å². The molecule has 0 N–H and O–H groups in total. The van der Waals surface area contributed by atoms with E-state index in [1.54, 1.807) is 0 Å². The van der Waals surface area contributed by atoms with Crippen LogP contribution in [0.25, 0.3) is 5.47 Å². The maximum absolute atomic E-state index is 13.3. The van der Waals surface area contributed by atoms with Crippen molar-refractivity contribution < 1.29 is 31.8 Å². The van der Waals surface area contributed by atoms with Crippen LogP contribution >= 0.6 is 0 Å². The molecular weight excluding hydrogens is 459 g/mol. The Kier molecular flexibility index (Phi) is 6.66. The summed E-state index contributed by atoms with van der Waals surface area (Å²) in [5.41, 5.74) is -1.75. The van der Waals surface area contributed by atoms with Crippen LogP contribution < -0.4 is 0 Å². The Labute approximate surface area is 203 Å². The largest absolute Gasteiger partial charge is 0.494 e. The van der Waals surface area contributed by atoms with Gasteiger partial charge in [0.2, 0.25) is 0 Å². The van der Waals surface area contributed by atoms with Crippen molar-refractivity contribution in [1.82, 2.24) is 0 Å². The topological polar surface area (TPSA) is 36.9 Å². The fourth-order valence-electron chi connectivity index (χ4n) is 4.06. The van der Waals surface area contributed by atoms with Crippen LogP contribution in [0.4, 0.5) is 13.2 Å². The van der Waals surface area contributed by atoms with Crippen LogP contribution in [0.1, 0.15) is 66.5 Å². The van der Waals surface area contributed by atoms with Gasteiger partial charge in [-0.25, -0.2) is 0 Å². The van der Waals surface area contributed by atoms with Gasteiger partial charge in [-0.1, -0.05) is 36.9 Å². The average Bonchev–Trinajstić information content (AvgIpc) is 2.96. The zero-order valence-corrected chi connectivity index (χ0v) is 23.2. The summed E-state index contributed by atoms with van der Waals surface area (Å²) >= 11 is 0. The Bertz CT molecular complexity index is 932. The lowest BCUT2D eigenvalue weighted by atomic mass is 9.67. The second-order valence-electron chi connectivity index (χ2n) is 12.3. The fraction of sp³-hybridized carbons (Fsp3) is 0.667. The zero-order valence-electron chi connectivity index (χ0n) is 22.2. The SMILES string of the molecule is CC1(C)OB(/C(=C(\B2OC(C)(C)C(C)(C)O2)[Si](C)(C)C)c2ccc(C(F)(F)F)cc2)OC1(C)C. The van der Waals surface area contributed by atoms with Gasteiger partial charge in [0, 0.05) is 0 Å². The molecule has 0 spiro atoms. The van der Waals surface area contributed by atoms with Crippen molar-refractivity contribution in [3.8, 4) is 0 Å². The summed E-state index contributed by atoms with van der Waals surface area (Å²) in [4.78, 5) is 0. The van der Waals surface area contributed by atoms with E-state index in [1.165, 1.54) is 12.1 Å². The van der Waals surface area contributed by atoms with Crippen molar-refractivity contribution >= 4 is 27.8 Å². The maximum Gasteiger partial charge on any atom is 0.494 e. The Morgan fingerprint density at radius 2 is 1.03 bits per heavy atom. The van der Waals surface area contributed by atoms with Crippen LogP contribution in [0, 0.1) is 0 Å². The quantitative estimate of drug-likeness (QED) is 0.441. The van der Waals surface area contributed by atoms with Gasteiger partial charge in [-0.15, -0.1) is 0 Å². The van der Waals surface area contributed by atoms with Gasteiger partial charge in [0.25, 0.3) is 0 Å². The smallest absolute Gasteiger partial charge is 0.400 e. The summed E-state index contributed by atoms with van der Waals surface area (Å²) in [6.07, 6.45) is -4.42. The van der Waals surface area contributed by atoms with Gasteiger partial charge < -0.3 is 18.6 Å². The third-order valence-corrected chi connectivity index (χ3v) is 9.72. The highest BCUT2D eigenvalue weighted by atomic mass is 28.3. The molecule has 3 rings (SSSR count). The lowest BCUT2D eigenvalue weighted by Crippen LogP contribution is -2.41. The highest BCUT2D eigenvalue weighted by Crippen LogP contribution is 2.46. The van der Waals surface area contributed by atoms with E-state index >= 15 is 0 Å². The van der Waals surface area contributed by atoms with E-state index in [1.807, 2.05) is 55.4 Å². The second-order valence-corrected chi connectivity index (χ2v) is 17.4. The molecule has 2 fully saturated rings. The number of hydrogen-bond donors (Lipinski definition) is 0.